The molecule has 0 aliphatic heterocycles. The second-order valence-electron chi connectivity index (χ2n) is 4.49. The van der Waals surface area contributed by atoms with Gasteiger partial charge in [0.25, 0.3) is 0 Å². The molecule has 1 atom stereocenters. The van der Waals surface area contributed by atoms with Gasteiger partial charge in [0.05, 0.1) is 0 Å². The first kappa shape index (κ1) is 11.2. The Morgan fingerprint density at radius 1 is 1.44 bits per heavy atom. The van der Waals surface area contributed by atoms with E-state index in [9.17, 15) is 4.79 Å². The van der Waals surface area contributed by atoms with Crippen molar-refractivity contribution in [3.63, 3.8) is 0 Å². The minimum atomic E-state index is 0.198. The number of amides is 1. The summed E-state index contributed by atoms with van der Waals surface area (Å²) in [6.45, 7) is 2.87. The average Bonchev–Trinajstić information content (AvgIpc) is 2.70. The second-order valence-corrected chi connectivity index (χ2v) is 4.49. The fraction of sp³-hybridized carbons (Fsp3) is 0.500. The minimum absolute atomic E-state index is 0.198. The van der Waals surface area contributed by atoms with Crippen molar-refractivity contribution in [1.29, 1.82) is 0 Å². The third-order valence-corrected chi connectivity index (χ3v) is 3.26. The molecule has 0 fully saturated rings. The highest BCUT2D eigenvalue weighted by Gasteiger charge is 2.23. The molecule has 2 rings (SSSR count). The second kappa shape index (κ2) is 5.15. The molecule has 0 heterocycles. The highest BCUT2D eigenvalue weighted by atomic mass is 16.1. The Bertz CT molecular complexity index is 373. The van der Waals surface area contributed by atoms with Crippen LogP contribution in [0.3, 0.4) is 0 Å². The molecular formula is C14H19NO. The summed E-state index contributed by atoms with van der Waals surface area (Å²) in [6, 6.07) is 8.50. The molecular weight excluding hydrogens is 198 g/mol. The van der Waals surface area contributed by atoms with Gasteiger partial charge in [-0.2, -0.15) is 0 Å². The maximum atomic E-state index is 11.7. The zero-order valence-corrected chi connectivity index (χ0v) is 9.83. The summed E-state index contributed by atoms with van der Waals surface area (Å²) in [5.74, 6) is 0.636. The lowest BCUT2D eigenvalue weighted by molar-refractivity contribution is -0.121. The van der Waals surface area contributed by atoms with E-state index in [1.807, 2.05) is 0 Å². The molecule has 0 spiro atoms. The van der Waals surface area contributed by atoms with Gasteiger partial charge < -0.3 is 5.32 Å². The van der Waals surface area contributed by atoms with Crippen LogP contribution < -0.4 is 5.32 Å². The zero-order chi connectivity index (χ0) is 11.4. The Labute approximate surface area is 97.1 Å². The van der Waals surface area contributed by atoms with Crippen LogP contribution in [0.1, 0.15) is 43.2 Å². The van der Waals surface area contributed by atoms with Crippen LogP contribution in [0.25, 0.3) is 0 Å². The van der Waals surface area contributed by atoms with E-state index in [0.717, 1.165) is 25.8 Å². The topological polar surface area (TPSA) is 29.1 Å². The van der Waals surface area contributed by atoms with Gasteiger partial charge in [-0.15, -0.1) is 0 Å². The van der Waals surface area contributed by atoms with Gasteiger partial charge in [0, 0.05) is 13.0 Å². The van der Waals surface area contributed by atoms with Crippen molar-refractivity contribution in [2.24, 2.45) is 0 Å². The number of carbonyl (C=O) groups is 1. The largest absolute Gasteiger partial charge is 0.356 e. The third kappa shape index (κ3) is 2.43. The van der Waals surface area contributed by atoms with Crippen molar-refractivity contribution in [2.75, 3.05) is 6.54 Å². The van der Waals surface area contributed by atoms with Crippen LogP contribution in [0, 0.1) is 0 Å². The number of aryl methyl sites for hydroxylation is 1. The summed E-state index contributed by atoms with van der Waals surface area (Å²) in [5, 5.41) is 2.95. The zero-order valence-electron chi connectivity index (χ0n) is 9.83. The molecule has 1 aromatic carbocycles. The van der Waals surface area contributed by atoms with Gasteiger partial charge in [-0.1, -0.05) is 31.2 Å². The molecule has 2 nitrogen and oxygen atoms in total. The van der Waals surface area contributed by atoms with Crippen LogP contribution in [0.4, 0.5) is 0 Å². The van der Waals surface area contributed by atoms with E-state index in [1.165, 1.54) is 11.1 Å². The molecule has 0 radical (unpaired) electrons. The van der Waals surface area contributed by atoms with E-state index in [4.69, 9.17) is 0 Å². The first-order valence-electron chi connectivity index (χ1n) is 6.15. The van der Waals surface area contributed by atoms with E-state index in [2.05, 4.69) is 36.5 Å². The first-order chi connectivity index (χ1) is 7.81. The van der Waals surface area contributed by atoms with E-state index in [1.54, 1.807) is 0 Å². The molecule has 0 unspecified atom stereocenters. The average molecular weight is 217 g/mol. The number of rotatable bonds is 4. The summed E-state index contributed by atoms with van der Waals surface area (Å²) in [6.07, 6.45) is 3.91. The number of nitrogens with one attached hydrogen (secondary N) is 1. The van der Waals surface area contributed by atoms with Crippen LogP contribution in [0.15, 0.2) is 24.3 Å². The van der Waals surface area contributed by atoms with Crippen LogP contribution >= 0.6 is 0 Å². The first-order valence-corrected chi connectivity index (χ1v) is 6.15. The predicted octanol–water partition coefficient (Wildman–Crippen LogP) is 2.63. The Kier molecular flexibility index (Phi) is 3.60. The summed E-state index contributed by atoms with van der Waals surface area (Å²) >= 11 is 0. The molecule has 1 aliphatic carbocycles. The number of benzene rings is 1. The fourth-order valence-corrected chi connectivity index (χ4v) is 2.42. The molecule has 1 amide bonds. The highest BCUT2D eigenvalue weighted by Crippen LogP contribution is 2.34. The maximum Gasteiger partial charge on any atom is 0.220 e. The van der Waals surface area contributed by atoms with Gasteiger partial charge in [-0.05, 0) is 36.3 Å². The van der Waals surface area contributed by atoms with Crippen LogP contribution in [-0.2, 0) is 11.2 Å². The molecule has 0 saturated carbocycles. The van der Waals surface area contributed by atoms with E-state index in [-0.39, 0.29) is 5.91 Å². The number of hydrogen-bond donors (Lipinski definition) is 1. The van der Waals surface area contributed by atoms with Crippen molar-refractivity contribution in [3.8, 4) is 0 Å². The van der Waals surface area contributed by atoms with Crippen molar-refractivity contribution < 1.29 is 4.79 Å². The highest BCUT2D eigenvalue weighted by molar-refractivity contribution is 5.77. The van der Waals surface area contributed by atoms with Crippen molar-refractivity contribution in [1.82, 2.24) is 5.32 Å². The lowest BCUT2D eigenvalue weighted by atomic mass is 9.97. The number of fused-ring (bicyclic) bond motifs is 1. The summed E-state index contributed by atoms with van der Waals surface area (Å²) in [7, 11) is 0. The fourth-order valence-electron chi connectivity index (χ4n) is 2.42. The van der Waals surface area contributed by atoms with Gasteiger partial charge in [0.15, 0.2) is 0 Å². The standard InChI is InChI=1S/C14H19NO/c1-2-9-15-14(16)10-12-8-7-11-5-3-4-6-13(11)12/h3-6,12H,2,7-10H2,1H3,(H,15,16)/t12-/m1/s1. The normalized spacial score (nSPS) is 18.2. The Balaban J connectivity index is 1.95. The molecule has 0 bridgehead atoms. The van der Waals surface area contributed by atoms with E-state index in [0.29, 0.717) is 12.3 Å². The number of carbonyl (C=O) groups excluding carboxylic acids is 1. The third-order valence-electron chi connectivity index (χ3n) is 3.26. The van der Waals surface area contributed by atoms with Gasteiger partial charge >= 0.3 is 0 Å². The maximum absolute atomic E-state index is 11.7. The molecule has 1 N–H and O–H groups in total. The van der Waals surface area contributed by atoms with Crippen molar-refractivity contribution in [2.45, 2.75) is 38.5 Å². The van der Waals surface area contributed by atoms with Gasteiger partial charge in [0.1, 0.15) is 0 Å². The molecule has 16 heavy (non-hydrogen) atoms. The molecule has 0 saturated heterocycles. The lowest BCUT2D eigenvalue weighted by Crippen LogP contribution is -2.25. The SMILES string of the molecule is CCCNC(=O)C[C@H]1CCc2ccccc21. The molecule has 86 valence electrons. The summed E-state index contributed by atoms with van der Waals surface area (Å²) in [5.41, 5.74) is 2.81. The smallest absolute Gasteiger partial charge is 0.220 e. The van der Waals surface area contributed by atoms with Crippen LogP contribution in [0.5, 0.6) is 0 Å². The minimum Gasteiger partial charge on any atom is -0.356 e. The summed E-state index contributed by atoms with van der Waals surface area (Å²) < 4.78 is 0. The Hall–Kier alpha value is -1.31. The predicted molar refractivity (Wildman–Crippen MR) is 65.4 cm³/mol. The van der Waals surface area contributed by atoms with Gasteiger partial charge in [-0.25, -0.2) is 0 Å². The van der Waals surface area contributed by atoms with Crippen LogP contribution in [0.2, 0.25) is 0 Å². The van der Waals surface area contributed by atoms with Gasteiger partial charge in [-0.3, -0.25) is 4.79 Å². The van der Waals surface area contributed by atoms with Crippen molar-refractivity contribution >= 4 is 5.91 Å². The molecule has 1 aliphatic rings. The number of hydrogen-bond acceptors (Lipinski definition) is 1. The van der Waals surface area contributed by atoms with Gasteiger partial charge in [0.2, 0.25) is 5.91 Å². The quantitative estimate of drug-likeness (QED) is 0.825. The molecule has 0 aromatic heterocycles. The lowest BCUT2D eigenvalue weighted by Gasteiger charge is -2.11. The molecule has 1 aromatic rings. The van der Waals surface area contributed by atoms with Crippen LogP contribution in [-0.4, -0.2) is 12.5 Å². The molecule has 2 heteroatoms. The van der Waals surface area contributed by atoms with E-state index < -0.39 is 0 Å². The Morgan fingerprint density at radius 3 is 3.06 bits per heavy atom. The monoisotopic (exact) mass is 217 g/mol. The van der Waals surface area contributed by atoms with Crippen molar-refractivity contribution in [3.05, 3.63) is 35.4 Å². The summed E-state index contributed by atoms with van der Waals surface area (Å²) in [4.78, 5) is 11.7. The Morgan fingerprint density at radius 2 is 2.25 bits per heavy atom. The van der Waals surface area contributed by atoms with E-state index >= 15 is 0 Å².